The lowest BCUT2D eigenvalue weighted by atomic mass is 10.2. The monoisotopic (exact) mass is 234 g/mol. The first-order valence-electron chi connectivity index (χ1n) is 4.97. The van der Waals surface area contributed by atoms with Gasteiger partial charge in [0, 0.05) is 5.69 Å². The summed E-state index contributed by atoms with van der Waals surface area (Å²) in [5, 5.41) is 2.55. The molecule has 17 heavy (non-hydrogen) atoms. The zero-order valence-electron chi connectivity index (χ0n) is 9.07. The van der Waals surface area contributed by atoms with E-state index < -0.39 is 5.76 Å². The number of hydrogen-bond acceptors (Lipinski definition) is 4. The molecule has 0 unspecified atom stereocenters. The summed E-state index contributed by atoms with van der Waals surface area (Å²) < 4.78 is 4.81. The first-order chi connectivity index (χ1) is 8.04. The molecular weight excluding hydrogens is 224 g/mol. The first-order valence-corrected chi connectivity index (χ1v) is 4.97. The molecule has 0 aliphatic carbocycles. The fourth-order valence-corrected chi connectivity index (χ4v) is 1.46. The number of hydrogen-bond donors (Lipinski definition) is 2. The number of Topliss-reactive ketones (excluding diaryl/α,β-unsaturated/α-hetero) is 1. The summed E-state index contributed by atoms with van der Waals surface area (Å²) in [6.07, 6.45) is -0.167. The van der Waals surface area contributed by atoms with Gasteiger partial charge in [-0.15, -0.1) is 0 Å². The van der Waals surface area contributed by atoms with Crippen molar-refractivity contribution in [3.8, 4) is 0 Å². The van der Waals surface area contributed by atoms with Gasteiger partial charge in [0.15, 0.2) is 5.58 Å². The van der Waals surface area contributed by atoms with E-state index in [2.05, 4.69) is 10.3 Å². The summed E-state index contributed by atoms with van der Waals surface area (Å²) in [5.41, 5.74) is 1.41. The summed E-state index contributed by atoms with van der Waals surface area (Å²) >= 11 is 0. The molecule has 1 amide bonds. The van der Waals surface area contributed by atoms with E-state index in [1.807, 2.05) is 0 Å². The second kappa shape index (κ2) is 4.25. The highest BCUT2D eigenvalue weighted by Gasteiger charge is 2.07. The number of aromatic nitrogens is 1. The molecule has 2 aromatic rings. The fraction of sp³-hybridized carbons (Fsp3) is 0.182. The maximum Gasteiger partial charge on any atom is 0.417 e. The predicted octanol–water partition coefficient (Wildman–Crippen LogP) is 1.04. The van der Waals surface area contributed by atoms with Gasteiger partial charge >= 0.3 is 5.76 Å². The first kappa shape index (κ1) is 11.1. The number of anilines is 1. The Bertz CT molecular complexity index is 638. The molecule has 0 aliphatic rings. The summed E-state index contributed by atoms with van der Waals surface area (Å²) in [4.78, 5) is 35.5. The topological polar surface area (TPSA) is 92.2 Å². The Balaban J connectivity index is 2.21. The largest absolute Gasteiger partial charge is 0.417 e. The van der Waals surface area contributed by atoms with Crippen LogP contribution in [0.4, 0.5) is 5.69 Å². The lowest BCUT2D eigenvalue weighted by molar-refractivity contribution is -0.124. The number of nitrogens with one attached hydrogen (secondary N) is 2. The molecule has 1 aromatic carbocycles. The maximum absolute atomic E-state index is 11.3. The Morgan fingerprint density at radius 2 is 2.18 bits per heavy atom. The Hall–Kier alpha value is -2.37. The number of H-pyrrole nitrogens is 1. The number of oxazole rings is 1. The molecule has 0 saturated heterocycles. The van der Waals surface area contributed by atoms with Gasteiger partial charge in [0.25, 0.3) is 0 Å². The number of benzene rings is 1. The molecule has 0 aliphatic heterocycles. The average Bonchev–Trinajstić information content (AvgIpc) is 2.55. The predicted molar refractivity (Wildman–Crippen MR) is 60.8 cm³/mol. The molecule has 2 N–H and O–H groups in total. The Morgan fingerprint density at radius 1 is 1.41 bits per heavy atom. The molecule has 0 fully saturated rings. The second-order valence-electron chi connectivity index (χ2n) is 3.65. The number of ketones is 1. The maximum atomic E-state index is 11.3. The number of fused-ring (bicyclic) bond motifs is 1. The Labute approximate surface area is 95.6 Å². The number of amides is 1. The molecule has 0 atom stereocenters. The van der Waals surface area contributed by atoms with E-state index in [0.717, 1.165) is 0 Å². The van der Waals surface area contributed by atoms with Gasteiger partial charge in [-0.2, -0.15) is 0 Å². The van der Waals surface area contributed by atoms with Gasteiger partial charge in [0.05, 0.1) is 11.9 Å². The van der Waals surface area contributed by atoms with Crippen molar-refractivity contribution >= 4 is 28.5 Å². The van der Waals surface area contributed by atoms with Crippen LogP contribution in [0.5, 0.6) is 0 Å². The van der Waals surface area contributed by atoms with Crippen molar-refractivity contribution in [3.63, 3.8) is 0 Å². The highest BCUT2D eigenvalue weighted by molar-refractivity contribution is 6.04. The van der Waals surface area contributed by atoms with Crippen LogP contribution >= 0.6 is 0 Å². The molecule has 88 valence electrons. The minimum atomic E-state index is -0.549. The lowest BCUT2D eigenvalue weighted by Crippen LogP contribution is -2.14. The lowest BCUT2D eigenvalue weighted by Gasteiger charge is -2.02. The van der Waals surface area contributed by atoms with Crippen molar-refractivity contribution in [2.45, 2.75) is 13.3 Å². The van der Waals surface area contributed by atoms with Gasteiger partial charge in [-0.1, -0.05) is 0 Å². The molecule has 1 heterocycles. The van der Waals surface area contributed by atoms with Crippen LogP contribution in [0.15, 0.2) is 27.4 Å². The van der Waals surface area contributed by atoms with Crippen molar-refractivity contribution in [1.29, 1.82) is 0 Å². The molecule has 0 bridgehead atoms. The van der Waals surface area contributed by atoms with E-state index in [1.54, 1.807) is 18.2 Å². The Morgan fingerprint density at radius 3 is 2.88 bits per heavy atom. The summed E-state index contributed by atoms with van der Waals surface area (Å²) in [6.45, 7) is 1.34. The van der Waals surface area contributed by atoms with Crippen LogP contribution in [0.2, 0.25) is 0 Å². The minimum Gasteiger partial charge on any atom is -0.408 e. The Kier molecular flexibility index (Phi) is 2.78. The van der Waals surface area contributed by atoms with Gasteiger partial charge in [-0.3, -0.25) is 14.6 Å². The van der Waals surface area contributed by atoms with Crippen LogP contribution in [-0.4, -0.2) is 16.7 Å². The minimum absolute atomic E-state index is 0.167. The van der Waals surface area contributed by atoms with E-state index in [4.69, 9.17) is 4.42 Å². The number of aromatic amines is 1. The number of rotatable bonds is 3. The van der Waals surface area contributed by atoms with Gasteiger partial charge in [-0.25, -0.2) is 4.79 Å². The molecule has 1 aromatic heterocycles. The fourth-order valence-electron chi connectivity index (χ4n) is 1.46. The summed E-state index contributed by atoms with van der Waals surface area (Å²) in [6, 6.07) is 4.73. The van der Waals surface area contributed by atoms with Crippen molar-refractivity contribution in [3.05, 3.63) is 28.7 Å². The van der Waals surface area contributed by atoms with Crippen LogP contribution in [0.3, 0.4) is 0 Å². The van der Waals surface area contributed by atoms with Gasteiger partial charge in [0.2, 0.25) is 5.91 Å². The molecule has 6 heteroatoms. The van der Waals surface area contributed by atoms with Gasteiger partial charge < -0.3 is 9.73 Å². The molecule has 0 spiro atoms. The zero-order valence-corrected chi connectivity index (χ0v) is 9.07. The standard InChI is InChI=1S/C11H10N2O4/c1-6(14)4-10(15)12-7-2-3-9-8(5-7)13-11(16)17-9/h2-3,5H,4H2,1H3,(H,12,15)(H,13,16). The SMILES string of the molecule is CC(=O)CC(=O)Nc1ccc2oc(=O)[nH]c2c1. The summed E-state index contributed by atoms with van der Waals surface area (Å²) in [5.74, 6) is -1.14. The third kappa shape index (κ3) is 2.60. The van der Waals surface area contributed by atoms with Gasteiger partial charge in [0.1, 0.15) is 5.78 Å². The number of carbonyl (C=O) groups excluding carboxylic acids is 2. The van der Waals surface area contributed by atoms with Crippen molar-refractivity contribution in [1.82, 2.24) is 4.98 Å². The van der Waals surface area contributed by atoms with Crippen molar-refractivity contribution in [2.75, 3.05) is 5.32 Å². The average molecular weight is 234 g/mol. The third-order valence-electron chi connectivity index (χ3n) is 2.11. The molecule has 6 nitrogen and oxygen atoms in total. The van der Waals surface area contributed by atoms with Crippen LogP contribution in [0, 0.1) is 0 Å². The third-order valence-corrected chi connectivity index (χ3v) is 2.11. The highest BCUT2D eigenvalue weighted by Crippen LogP contribution is 2.16. The van der Waals surface area contributed by atoms with Crippen LogP contribution in [0.1, 0.15) is 13.3 Å². The van der Waals surface area contributed by atoms with Crippen molar-refractivity contribution < 1.29 is 14.0 Å². The van der Waals surface area contributed by atoms with Crippen LogP contribution in [-0.2, 0) is 9.59 Å². The van der Waals surface area contributed by atoms with E-state index in [0.29, 0.717) is 16.8 Å². The van der Waals surface area contributed by atoms with Crippen LogP contribution < -0.4 is 11.1 Å². The van der Waals surface area contributed by atoms with Gasteiger partial charge in [-0.05, 0) is 25.1 Å². The van der Waals surface area contributed by atoms with E-state index in [-0.39, 0.29) is 18.1 Å². The smallest absolute Gasteiger partial charge is 0.408 e. The zero-order chi connectivity index (χ0) is 12.4. The van der Waals surface area contributed by atoms with E-state index in [9.17, 15) is 14.4 Å². The van der Waals surface area contributed by atoms with E-state index in [1.165, 1.54) is 6.92 Å². The highest BCUT2D eigenvalue weighted by atomic mass is 16.4. The quantitative estimate of drug-likeness (QED) is 0.776. The summed E-state index contributed by atoms with van der Waals surface area (Å²) in [7, 11) is 0. The molecular formula is C11H10N2O4. The van der Waals surface area contributed by atoms with Crippen LogP contribution in [0.25, 0.3) is 11.1 Å². The molecule has 0 radical (unpaired) electrons. The second-order valence-corrected chi connectivity index (χ2v) is 3.65. The molecule has 2 rings (SSSR count). The normalized spacial score (nSPS) is 10.4. The molecule has 0 saturated carbocycles. The van der Waals surface area contributed by atoms with E-state index >= 15 is 0 Å². The van der Waals surface area contributed by atoms with Crippen molar-refractivity contribution in [2.24, 2.45) is 0 Å². The number of carbonyl (C=O) groups is 2.